The number of carbonyl (C=O) groups is 1. The van der Waals surface area contributed by atoms with E-state index in [1.165, 1.54) is 61.7 Å². The molecule has 34 heavy (non-hydrogen) atoms. The molecule has 8 heteroatoms. The minimum absolute atomic E-state index is 0.0119. The van der Waals surface area contributed by atoms with Crippen LogP contribution in [0.15, 0.2) is 59.6 Å². The highest BCUT2D eigenvalue weighted by Gasteiger charge is 2.23. The lowest BCUT2D eigenvalue weighted by Gasteiger charge is -2.36. The Hall–Kier alpha value is -2.87. The third-order valence-electron chi connectivity index (χ3n) is 6.20. The molecule has 180 valence electrons. The van der Waals surface area contributed by atoms with Crippen LogP contribution in [0.1, 0.15) is 25.7 Å². The Labute approximate surface area is 203 Å². The zero-order chi connectivity index (χ0) is 23.9. The molecule has 0 spiro atoms. The predicted octanol–water partition coefficient (Wildman–Crippen LogP) is 5.46. The Morgan fingerprint density at radius 1 is 0.882 bits per heavy atom. The van der Waals surface area contributed by atoms with Crippen LogP contribution in [0.2, 0.25) is 0 Å². The van der Waals surface area contributed by atoms with Crippen molar-refractivity contribution >= 4 is 23.4 Å². The molecule has 2 aromatic carbocycles. The number of aromatic nitrogens is 2. The van der Waals surface area contributed by atoms with E-state index in [4.69, 9.17) is 0 Å². The predicted molar refractivity (Wildman–Crippen MR) is 133 cm³/mol. The number of carbonyl (C=O) groups excluding carboxylic acids is 1. The summed E-state index contributed by atoms with van der Waals surface area (Å²) >= 11 is 1.52. The Bertz CT molecular complexity index is 1070. The van der Waals surface area contributed by atoms with E-state index < -0.39 is 0 Å². The number of thioether (sulfide) groups is 1. The minimum Gasteiger partial charge on any atom is -0.368 e. The van der Waals surface area contributed by atoms with Gasteiger partial charge >= 0.3 is 0 Å². The van der Waals surface area contributed by atoms with Crippen LogP contribution in [-0.4, -0.2) is 53.0 Å². The first-order chi connectivity index (χ1) is 16.5. The van der Waals surface area contributed by atoms with Gasteiger partial charge in [-0.2, -0.15) is 5.10 Å². The maximum atomic E-state index is 13.2. The second-order valence-electron chi connectivity index (χ2n) is 8.49. The fraction of sp³-hybridized carbons (Fsp3) is 0.385. The topological polar surface area (TPSA) is 41.4 Å². The molecule has 0 bridgehead atoms. The summed E-state index contributed by atoms with van der Waals surface area (Å²) in [7, 11) is 0. The lowest BCUT2D eigenvalue weighted by Crippen LogP contribution is -2.49. The van der Waals surface area contributed by atoms with E-state index in [-0.39, 0.29) is 24.1 Å². The van der Waals surface area contributed by atoms with Crippen molar-refractivity contribution in [1.29, 1.82) is 0 Å². The molecule has 0 unspecified atom stereocenters. The molecule has 1 aliphatic heterocycles. The normalized spacial score (nSPS) is 15.4. The molecule has 1 saturated heterocycles. The van der Waals surface area contributed by atoms with Gasteiger partial charge < -0.3 is 9.80 Å². The maximum absolute atomic E-state index is 13.2. The molecule has 0 N–H and O–H groups in total. The number of nitrogens with zero attached hydrogens (tertiary/aromatic N) is 4. The summed E-state index contributed by atoms with van der Waals surface area (Å²) in [4.78, 5) is 16.8. The van der Waals surface area contributed by atoms with Crippen molar-refractivity contribution in [2.45, 2.75) is 37.3 Å². The molecule has 0 radical (unpaired) electrons. The average Bonchev–Trinajstić information content (AvgIpc) is 3.22. The van der Waals surface area contributed by atoms with E-state index in [1.54, 1.807) is 28.9 Å². The summed E-state index contributed by atoms with van der Waals surface area (Å²) in [6.45, 7) is 2.78. The molecular formula is C26H30F2N4OS. The molecule has 2 fully saturated rings. The van der Waals surface area contributed by atoms with Crippen molar-refractivity contribution < 1.29 is 13.6 Å². The van der Waals surface area contributed by atoms with Crippen LogP contribution in [0.4, 0.5) is 14.5 Å². The van der Waals surface area contributed by atoms with Gasteiger partial charge in [0.1, 0.15) is 18.2 Å². The first-order valence-electron chi connectivity index (χ1n) is 11.7. The number of halogens is 2. The molecule has 1 aromatic heterocycles. The molecule has 0 atom stereocenters. The van der Waals surface area contributed by atoms with E-state index in [2.05, 4.69) is 10.00 Å². The SMILES string of the molecule is C1CCC1.CSc1cc(-c2ccc(F)cc2)nn1CC(=O)N1CCN(c2ccc(F)cc2)CC1. The number of anilines is 1. The molecule has 5 nitrogen and oxygen atoms in total. The van der Waals surface area contributed by atoms with Crippen LogP contribution >= 0.6 is 11.8 Å². The summed E-state index contributed by atoms with van der Waals surface area (Å²) in [5.41, 5.74) is 2.49. The smallest absolute Gasteiger partial charge is 0.244 e. The monoisotopic (exact) mass is 484 g/mol. The van der Waals surface area contributed by atoms with Crippen molar-refractivity contribution in [2.24, 2.45) is 0 Å². The second kappa shape index (κ2) is 11.5. The Kier molecular flexibility index (Phi) is 8.21. The van der Waals surface area contributed by atoms with E-state index in [9.17, 15) is 13.6 Å². The van der Waals surface area contributed by atoms with Gasteiger partial charge in [-0.15, -0.1) is 11.8 Å². The summed E-state index contributed by atoms with van der Waals surface area (Å²) in [6.07, 6.45) is 7.94. The molecular weight excluding hydrogens is 454 g/mol. The van der Waals surface area contributed by atoms with Crippen molar-refractivity contribution in [2.75, 3.05) is 37.3 Å². The highest BCUT2D eigenvalue weighted by molar-refractivity contribution is 7.98. The quantitative estimate of drug-likeness (QED) is 0.451. The Morgan fingerprint density at radius 2 is 1.44 bits per heavy atom. The first kappa shape index (κ1) is 24.3. The van der Waals surface area contributed by atoms with Crippen LogP contribution in [0.3, 0.4) is 0 Å². The summed E-state index contributed by atoms with van der Waals surface area (Å²) in [5, 5.41) is 5.45. The van der Waals surface area contributed by atoms with E-state index >= 15 is 0 Å². The summed E-state index contributed by atoms with van der Waals surface area (Å²) in [6, 6.07) is 14.5. The Morgan fingerprint density at radius 3 is 1.97 bits per heavy atom. The average molecular weight is 485 g/mol. The standard InChI is InChI=1S/C22H22F2N4OS.C4H8/c1-30-22-14-20(16-2-4-17(23)5-3-16)25-28(22)15-21(29)27-12-10-26(11-13-27)19-8-6-18(24)7-9-19;1-2-4-3-1/h2-9,14H,10-13,15H2,1H3;1-4H2. The van der Waals surface area contributed by atoms with Crippen LogP contribution in [0.5, 0.6) is 0 Å². The molecule has 2 heterocycles. The van der Waals surface area contributed by atoms with Gasteiger partial charge in [-0.1, -0.05) is 25.7 Å². The largest absolute Gasteiger partial charge is 0.368 e. The fourth-order valence-corrected chi connectivity index (χ4v) is 4.33. The molecule has 1 amide bonds. The second-order valence-corrected chi connectivity index (χ2v) is 9.32. The molecule has 2 aliphatic rings. The number of piperazine rings is 1. The number of benzene rings is 2. The molecule has 3 aromatic rings. The highest BCUT2D eigenvalue weighted by atomic mass is 32.2. The van der Waals surface area contributed by atoms with Crippen molar-refractivity contribution in [3.8, 4) is 11.3 Å². The van der Waals surface area contributed by atoms with Crippen LogP contribution in [-0.2, 0) is 11.3 Å². The third-order valence-corrected chi connectivity index (χ3v) is 6.95. The number of hydrogen-bond donors (Lipinski definition) is 0. The van der Waals surface area contributed by atoms with E-state index in [0.29, 0.717) is 31.9 Å². The van der Waals surface area contributed by atoms with Crippen molar-refractivity contribution in [1.82, 2.24) is 14.7 Å². The highest BCUT2D eigenvalue weighted by Crippen LogP contribution is 2.25. The minimum atomic E-state index is -0.293. The van der Waals surface area contributed by atoms with Gasteiger partial charge in [0.05, 0.1) is 10.7 Å². The van der Waals surface area contributed by atoms with Crippen molar-refractivity contribution in [3.05, 3.63) is 66.2 Å². The molecule has 1 saturated carbocycles. The number of hydrogen-bond acceptors (Lipinski definition) is 4. The van der Waals surface area contributed by atoms with Gasteiger partial charge in [0.15, 0.2) is 0 Å². The number of amides is 1. The van der Waals surface area contributed by atoms with E-state index in [0.717, 1.165) is 16.3 Å². The van der Waals surface area contributed by atoms with Crippen LogP contribution in [0.25, 0.3) is 11.3 Å². The Balaban J connectivity index is 0.000000620. The first-order valence-corrected chi connectivity index (χ1v) is 12.9. The fourth-order valence-electron chi connectivity index (χ4n) is 3.78. The number of rotatable bonds is 5. The zero-order valence-corrected chi connectivity index (χ0v) is 20.2. The molecule has 5 rings (SSSR count). The van der Waals surface area contributed by atoms with Gasteiger partial charge in [0.2, 0.25) is 5.91 Å². The maximum Gasteiger partial charge on any atom is 0.244 e. The lowest BCUT2D eigenvalue weighted by atomic mass is 10.0. The van der Waals surface area contributed by atoms with Gasteiger partial charge in [-0.3, -0.25) is 4.79 Å². The van der Waals surface area contributed by atoms with Crippen LogP contribution in [0, 0.1) is 11.6 Å². The van der Waals surface area contributed by atoms with Crippen molar-refractivity contribution in [3.63, 3.8) is 0 Å². The lowest BCUT2D eigenvalue weighted by molar-refractivity contribution is -0.132. The molecule has 1 aliphatic carbocycles. The van der Waals surface area contributed by atoms with E-state index in [1.807, 2.05) is 17.2 Å². The van der Waals surface area contributed by atoms with Crippen LogP contribution < -0.4 is 4.90 Å². The van der Waals surface area contributed by atoms with Gasteiger partial charge in [0, 0.05) is 37.4 Å². The van der Waals surface area contributed by atoms with Gasteiger partial charge in [0.25, 0.3) is 0 Å². The third kappa shape index (κ3) is 6.17. The van der Waals surface area contributed by atoms with Gasteiger partial charge in [-0.25, -0.2) is 13.5 Å². The van der Waals surface area contributed by atoms with Gasteiger partial charge in [-0.05, 0) is 60.9 Å². The zero-order valence-electron chi connectivity index (χ0n) is 19.4. The summed E-state index contributed by atoms with van der Waals surface area (Å²) < 4.78 is 28.0. The summed E-state index contributed by atoms with van der Waals surface area (Å²) in [5.74, 6) is -0.535.